The largest absolute Gasteiger partial charge is 0.314 e. The maximum absolute atomic E-state index is 14.3. The summed E-state index contributed by atoms with van der Waals surface area (Å²) in [5.74, 6) is -0.480. The van der Waals surface area contributed by atoms with Crippen molar-refractivity contribution in [3.63, 3.8) is 0 Å². The van der Waals surface area contributed by atoms with E-state index in [4.69, 9.17) is 11.6 Å². The number of benzene rings is 1. The molecule has 0 spiro atoms. The Kier molecular flexibility index (Phi) is 3.45. The van der Waals surface area contributed by atoms with Crippen LogP contribution in [0.15, 0.2) is 18.2 Å². The minimum absolute atomic E-state index is 0.0464. The van der Waals surface area contributed by atoms with Crippen molar-refractivity contribution in [2.45, 2.75) is 24.9 Å². The maximum Gasteiger partial charge on any atom is 0.142 e. The van der Waals surface area contributed by atoms with Gasteiger partial charge in [-0.05, 0) is 31.0 Å². The molecule has 2 rings (SSSR count). The first-order chi connectivity index (χ1) is 7.61. The van der Waals surface area contributed by atoms with Crippen molar-refractivity contribution in [1.29, 1.82) is 0 Å². The summed E-state index contributed by atoms with van der Waals surface area (Å²) < 4.78 is 27.5. The van der Waals surface area contributed by atoms with Gasteiger partial charge in [-0.25, -0.2) is 8.78 Å². The van der Waals surface area contributed by atoms with Crippen molar-refractivity contribution in [2.24, 2.45) is 0 Å². The van der Waals surface area contributed by atoms with E-state index in [-0.39, 0.29) is 11.4 Å². The van der Waals surface area contributed by atoms with Crippen LogP contribution in [0, 0.1) is 5.82 Å². The predicted molar refractivity (Wildman–Crippen MR) is 61.1 cm³/mol. The molecule has 0 aromatic heterocycles. The van der Waals surface area contributed by atoms with Crippen LogP contribution in [0.4, 0.5) is 8.78 Å². The van der Waals surface area contributed by atoms with E-state index in [9.17, 15) is 8.78 Å². The molecule has 1 saturated heterocycles. The van der Waals surface area contributed by atoms with Crippen molar-refractivity contribution in [3.05, 3.63) is 34.6 Å². The maximum atomic E-state index is 14.3. The van der Waals surface area contributed by atoms with Gasteiger partial charge in [-0.2, -0.15) is 0 Å². The fraction of sp³-hybridized carbons (Fsp3) is 0.500. The van der Waals surface area contributed by atoms with Gasteiger partial charge in [0.1, 0.15) is 11.5 Å². The first-order valence-electron chi connectivity index (χ1n) is 5.43. The molecule has 1 atom stereocenters. The zero-order valence-corrected chi connectivity index (χ0v) is 9.66. The molecule has 0 amide bonds. The Bertz CT molecular complexity index is 375. The average Bonchev–Trinajstić information content (AvgIpc) is 2.26. The van der Waals surface area contributed by atoms with Gasteiger partial charge in [-0.3, -0.25) is 0 Å². The highest BCUT2D eigenvalue weighted by atomic mass is 35.5. The molecule has 1 fully saturated rings. The van der Waals surface area contributed by atoms with Crippen LogP contribution in [0.2, 0.25) is 5.02 Å². The highest BCUT2D eigenvalue weighted by Gasteiger charge is 2.32. The number of halogens is 3. The first-order valence-corrected chi connectivity index (χ1v) is 5.81. The number of alkyl halides is 1. The van der Waals surface area contributed by atoms with Crippen molar-refractivity contribution >= 4 is 11.6 Å². The molecule has 16 heavy (non-hydrogen) atoms. The normalized spacial score (nSPS) is 25.7. The van der Waals surface area contributed by atoms with Crippen LogP contribution in [0.3, 0.4) is 0 Å². The Balaban J connectivity index is 2.16. The molecule has 1 aromatic carbocycles. The van der Waals surface area contributed by atoms with Gasteiger partial charge in [0.05, 0.1) is 5.02 Å². The summed E-state index contributed by atoms with van der Waals surface area (Å²) in [4.78, 5) is 0. The summed E-state index contributed by atoms with van der Waals surface area (Å²) >= 11 is 5.81. The van der Waals surface area contributed by atoms with Crippen molar-refractivity contribution in [2.75, 3.05) is 13.1 Å². The van der Waals surface area contributed by atoms with E-state index >= 15 is 0 Å². The van der Waals surface area contributed by atoms with E-state index in [1.165, 1.54) is 6.07 Å². The second kappa shape index (κ2) is 4.68. The molecular weight excluding hydrogens is 232 g/mol. The minimum atomic E-state index is -1.30. The lowest BCUT2D eigenvalue weighted by molar-refractivity contribution is 0.122. The van der Waals surface area contributed by atoms with Crippen LogP contribution in [-0.4, -0.2) is 18.8 Å². The molecule has 1 aromatic rings. The fourth-order valence-electron chi connectivity index (χ4n) is 2.11. The van der Waals surface area contributed by atoms with Gasteiger partial charge >= 0.3 is 0 Å². The average molecular weight is 246 g/mol. The molecule has 1 N–H and O–H groups in total. The fourth-order valence-corrected chi connectivity index (χ4v) is 2.30. The lowest BCUT2D eigenvalue weighted by atomic mass is 9.89. The molecule has 0 saturated carbocycles. The highest BCUT2D eigenvalue weighted by Crippen LogP contribution is 2.29. The second-order valence-electron chi connectivity index (χ2n) is 4.32. The van der Waals surface area contributed by atoms with Crippen LogP contribution in [0.25, 0.3) is 0 Å². The molecule has 1 nitrogen and oxygen atoms in total. The number of piperidine rings is 1. The van der Waals surface area contributed by atoms with Crippen LogP contribution in [0.5, 0.6) is 0 Å². The first kappa shape index (κ1) is 11.8. The van der Waals surface area contributed by atoms with E-state index in [2.05, 4.69) is 5.32 Å². The van der Waals surface area contributed by atoms with Crippen LogP contribution >= 0.6 is 11.6 Å². The van der Waals surface area contributed by atoms with Gasteiger partial charge in [-0.1, -0.05) is 23.7 Å². The van der Waals surface area contributed by atoms with Crippen LogP contribution < -0.4 is 5.32 Å². The third kappa shape index (κ3) is 2.53. The summed E-state index contributed by atoms with van der Waals surface area (Å²) in [6.07, 6.45) is 1.49. The Morgan fingerprint density at radius 1 is 1.44 bits per heavy atom. The summed E-state index contributed by atoms with van der Waals surface area (Å²) in [6.45, 7) is 1.17. The smallest absolute Gasteiger partial charge is 0.142 e. The van der Waals surface area contributed by atoms with E-state index in [1.807, 2.05) is 0 Å². The summed E-state index contributed by atoms with van der Waals surface area (Å²) in [5, 5.41) is 3.06. The zero-order valence-electron chi connectivity index (χ0n) is 8.90. The zero-order chi connectivity index (χ0) is 11.6. The monoisotopic (exact) mass is 245 g/mol. The minimum Gasteiger partial charge on any atom is -0.314 e. The molecule has 0 radical (unpaired) electrons. The summed E-state index contributed by atoms with van der Waals surface area (Å²) in [7, 11) is 0. The molecular formula is C12H14ClF2N. The van der Waals surface area contributed by atoms with E-state index in [0.717, 1.165) is 13.0 Å². The van der Waals surface area contributed by atoms with E-state index < -0.39 is 11.5 Å². The summed E-state index contributed by atoms with van der Waals surface area (Å²) in [5.41, 5.74) is -0.747. The van der Waals surface area contributed by atoms with Crippen molar-refractivity contribution in [1.82, 2.24) is 5.32 Å². The number of nitrogens with one attached hydrogen (secondary N) is 1. The standard InChI is InChI=1S/C12H14ClF2N/c13-11-9(3-1-4-10(11)14)7-12(15)5-2-6-16-8-12/h1,3-4,16H,2,5-8H2. The van der Waals surface area contributed by atoms with E-state index in [1.54, 1.807) is 12.1 Å². The Morgan fingerprint density at radius 2 is 2.25 bits per heavy atom. The topological polar surface area (TPSA) is 12.0 Å². The van der Waals surface area contributed by atoms with Crippen molar-refractivity contribution in [3.8, 4) is 0 Å². The summed E-state index contributed by atoms with van der Waals surface area (Å²) in [6, 6.07) is 4.54. The second-order valence-corrected chi connectivity index (χ2v) is 4.70. The van der Waals surface area contributed by atoms with Crippen molar-refractivity contribution < 1.29 is 8.78 Å². The molecule has 1 heterocycles. The number of hydrogen-bond donors (Lipinski definition) is 1. The van der Waals surface area contributed by atoms with Crippen LogP contribution in [0.1, 0.15) is 18.4 Å². The number of hydrogen-bond acceptors (Lipinski definition) is 1. The molecule has 88 valence electrons. The third-order valence-corrected chi connectivity index (χ3v) is 3.38. The molecule has 4 heteroatoms. The van der Waals surface area contributed by atoms with Crippen LogP contribution in [-0.2, 0) is 6.42 Å². The lowest BCUT2D eigenvalue weighted by Gasteiger charge is -2.30. The van der Waals surface area contributed by atoms with Gasteiger partial charge in [0.25, 0.3) is 0 Å². The van der Waals surface area contributed by atoms with E-state index in [0.29, 0.717) is 18.5 Å². The van der Waals surface area contributed by atoms with Gasteiger partial charge in [0, 0.05) is 13.0 Å². The third-order valence-electron chi connectivity index (χ3n) is 2.96. The molecule has 0 aliphatic carbocycles. The van der Waals surface area contributed by atoms with Gasteiger partial charge in [-0.15, -0.1) is 0 Å². The Labute approximate surface area is 98.8 Å². The van der Waals surface area contributed by atoms with Gasteiger partial charge in [0.15, 0.2) is 0 Å². The Hall–Kier alpha value is -0.670. The number of rotatable bonds is 2. The molecule has 1 aliphatic rings. The highest BCUT2D eigenvalue weighted by molar-refractivity contribution is 6.31. The quantitative estimate of drug-likeness (QED) is 0.844. The predicted octanol–water partition coefficient (Wildman–Crippen LogP) is 3.11. The molecule has 1 unspecified atom stereocenters. The molecule has 0 bridgehead atoms. The van der Waals surface area contributed by atoms with Gasteiger partial charge in [0.2, 0.25) is 0 Å². The molecule has 1 aliphatic heterocycles. The Morgan fingerprint density at radius 3 is 2.94 bits per heavy atom. The van der Waals surface area contributed by atoms with Gasteiger partial charge < -0.3 is 5.32 Å². The lowest BCUT2D eigenvalue weighted by Crippen LogP contribution is -2.43. The SMILES string of the molecule is Fc1cccc(CC2(F)CCCNC2)c1Cl.